The number of amides is 2. The molecule has 1 heterocycles. The Morgan fingerprint density at radius 1 is 1.16 bits per heavy atom. The summed E-state index contributed by atoms with van der Waals surface area (Å²) in [5.74, 6) is 0.487. The summed E-state index contributed by atoms with van der Waals surface area (Å²) < 4.78 is 5.74. The summed E-state index contributed by atoms with van der Waals surface area (Å²) >= 11 is 0. The number of hydrogen-bond donors (Lipinski definition) is 1. The van der Waals surface area contributed by atoms with E-state index in [0.29, 0.717) is 13.0 Å². The maximum absolute atomic E-state index is 12.2. The average Bonchev–Trinajstić information content (AvgIpc) is 2.95. The number of rotatable bonds is 10. The first-order valence-electron chi connectivity index (χ1n) is 9.38. The van der Waals surface area contributed by atoms with Gasteiger partial charge in [0.25, 0.3) is 0 Å². The number of anilines is 1. The normalized spacial score (nSPS) is 17.0. The second-order valence-corrected chi connectivity index (χ2v) is 6.81. The van der Waals surface area contributed by atoms with E-state index in [-0.39, 0.29) is 17.7 Å². The summed E-state index contributed by atoms with van der Waals surface area (Å²) in [6.07, 6.45) is 7.76. The Labute approximate surface area is 150 Å². The van der Waals surface area contributed by atoms with Crippen molar-refractivity contribution >= 4 is 17.5 Å². The number of likely N-dealkylation sites (tertiary alicyclic amines) is 1. The van der Waals surface area contributed by atoms with Crippen LogP contribution in [0.4, 0.5) is 5.69 Å². The summed E-state index contributed by atoms with van der Waals surface area (Å²) in [4.78, 5) is 25.3. The van der Waals surface area contributed by atoms with Crippen molar-refractivity contribution in [1.29, 1.82) is 0 Å². The van der Waals surface area contributed by atoms with Gasteiger partial charge in [-0.25, -0.2) is 0 Å². The van der Waals surface area contributed by atoms with Crippen molar-refractivity contribution in [2.24, 2.45) is 5.92 Å². The van der Waals surface area contributed by atoms with Gasteiger partial charge in [0.15, 0.2) is 0 Å². The zero-order valence-corrected chi connectivity index (χ0v) is 15.4. The molecule has 1 aliphatic heterocycles. The molecule has 2 amide bonds. The molecule has 25 heavy (non-hydrogen) atoms. The molecule has 138 valence electrons. The standard InChI is InChI=1S/C20H30N2O3/c1-3-4-5-6-7-8-13-25-18-11-9-17(10-12-18)21-20(24)16-14-19(23)22(2)15-16/h9-12,16H,3-8,13-15H2,1-2H3,(H,21,24)/t16-/m1/s1. The third-order valence-electron chi connectivity index (χ3n) is 4.60. The molecule has 1 fully saturated rings. The fourth-order valence-corrected chi connectivity index (χ4v) is 2.99. The summed E-state index contributed by atoms with van der Waals surface area (Å²) in [7, 11) is 1.73. The van der Waals surface area contributed by atoms with Gasteiger partial charge in [-0.2, -0.15) is 0 Å². The highest BCUT2D eigenvalue weighted by atomic mass is 16.5. The lowest BCUT2D eigenvalue weighted by molar-refractivity contribution is -0.127. The number of benzene rings is 1. The van der Waals surface area contributed by atoms with E-state index in [4.69, 9.17) is 4.74 Å². The second-order valence-electron chi connectivity index (χ2n) is 6.81. The highest BCUT2D eigenvalue weighted by molar-refractivity contribution is 5.97. The van der Waals surface area contributed by atoms with Crippen molar-refractivity contribution in [2.75, 3.05) is 25.5 Å². The predicted molar refractivity (Wildman–Crippen MR) is 99.7 cm³/mol. The van der Waals surface area contributed by atoms with Gasteiger partial charge < -0.3 is 15.0 Å². The summed E-state index contributed by atoms with van der Waals surface area (Å²) in [5.41, 5.74) is 0.735. The number of nitrogens with zero attached hydrogens (tertiary/aromatic N) is 1. The van der Waals surface area contributed by atoms with Crippen LogP contribution in [0.25, 0.3) is 0 Å². The van der Waals surface area contributed by atoms with Crippen LogP contribution in [0, 0.1) is 5.92 Å². The molecular formula is C20H30N2O3. The first-order chi connectivity index (χ1) is 12.1. The van der Waals surface area contributed by atoms with Crippen LogP contribution in [0.1, 0.15) is 51.9 Å². The molecule has 5 heteroatoms. The van der Waals surface area contributed by atoms with Gasteiger partial charge in [-0.1, -0.05) is 39.0 Å². The van der Waals surface area contributed by atoms with Crippen LogP contribution in [-0.2, 0) is 9.59 Å². The first-order valence-corrected chi connectivity index (χ1v) is 9.38. The Balaban J connectivity index is 1.67. The molecule has 1 atom stereocenters. The Kier molecular flexibility index (Phi) is 7.76. The van der Waals surface area contributed by atoms with Crippen LogP contribution in [0.2, 0.25) is 0 Å². The van der Waals surface area contributed by atoms with Gasteiger partial charge in [0.2, 0.25) is 11.8 Å². The molecule has 1 aromatic carbocycles. The molecule has 0 saturated carbocycles. The molecular weight excluding hydrogens is 316 g/mol. The number of carbonyl (C=O) groups excluding carboxylic acids is 2. The van der Waals surface area contributed by atoms with Crippen LogP contribution in [0.15, 0.2) is 24.3 Å². The van der Waals surface area contributed by atoms with Crippen LogP contribution in [0.3, 0.4) is 0 Å². The Morgan fingerprint density at radius 3 is 2.48 bits per heavy atom. The SMILES string of the molecule is CCCCCCCCOc1ccc(NC(=O)[C@@H]2CC(=O)N(C)C2)cc1. The number of unbranched alkanes of at least 4 members (excludes halogenated alkanes) is 5. The number of carbonyl (C=O) groups is 2. The van der Waals surface area contributed by atoms with E-state index in [9.17, 15) is 9.59 Å². The quantitative estimate of drug-likeness (QED) is 0.655. The van der Waals surface area contributed by atoms with Crippen molar-refractivity contribution < 1.29 is 14.3 Å². The van der Waals surface area contributed by atoms with E-state index < -0.39 is 0 Å². The topological polar surface area (TPSA) is 58.6 Å². The van der Waals surface area contributed by atoms with E-state index in [0.717, 1.165) is 24.5 Å². The van der Waals surface area contributed by atoms with Crippen LogP contribution in [-0.4, -0.2) is 36.9 Å². The van der Waals surface area contributed by atoms with Gasteiger partial charge in [0.1, 0.15) is 5.75 Å². The van der Waals surface area contributed by atoms with E-state index >= 15 is 0 Å². The molecule has 0 unspecified atom stereocenters. The predicted octanol–water partition coefficient (Wildman–Crippen LogP) is 3.84. The molecule has 5 nitrogen and oxygen atoms in total. The highest BCUT2D eigenvalue weighted by Gasteiger charge is 2.32. The van der Waals surface area contributed by atoms with Crippen LogP contribution >= 0.6 is 0 Å². The summed E-state index contributed by atoms with van der Waals surface area (Å²) in [5, 5.41) is 2.87. The summed E-state index contributed by atoms with van der Waals surface area (Å²) in [6.45, 7) is 3.44. The smallest absolute Gasteiger partial charge is 0.229 e. The minimum Gasteiger partial charge on any atom is -0.494 e. The number of ether oxygens (including phenoxy) is 1. The largest absolute Gasteiger partial charge is 0.494 e. The Bertz CT molecular complexity index is 557. The molecule has 0 bridgehead atoms. The highest BCUT2D eigenvalue weighted by Crippen LogP contribution is 2.20. The molecule has 1 aliphatic rings. The van der Waals surface area contributed by atoms with Crippen molar-refractivity contribution in [2.45, 2.75) is 51.9 Å². The zero-order valence-electron chi connectivity index (χ0n) is 15.4. The monoisotopic (exact) mass is 346 g/mol. The molecule has 0 radical (unpaired) electrons. The van der Waals surface area contributed by atoms with E-state index in [2.05, 4.69) is 12.2 Å². The average molecular weight is 346 g/mol. The third kappa shape index (κ3) is 6.40. The van der Waals surface area contributed by atoms with E-state index in [1.165, 1.54) is 32.1 Å². The lowest BCUT2D eigenvalue weighted by Gasteiger charge is -2.12. The van der Waals surface area contributed by atoms with E-state index in [1.807, 2.05) is 24.3 Å². The number of hydrogen-bond acceptors (Lipinski definition) is 3. The minimum absolute atomic E-state index is 0.0265. The Morgan fingerprint density at radius 2 is 1.84 bits per heavy atom. The summed E-state index contributed by atoms with van der Waals surface area (Å²) in [6, 6.07) is 7.43. The lowest BCUT2D eigenvalue weighted by Crippen LogP contribution is -2.25. The molecule has 0 aromatic heterocycles. The lowest BCUT2D eigenvalue weighted by atomic mass is 10.1. The van der Waals surface area contributed by atoms with Gasteiger partial charge in [-0.15, -0.1) is 0 Å². The fraction of sp³-hybridized carbons (Fsp3) is 0.600. The van der Waals surface area contributed by atoms with E-state index in [1.54, 1.807) is 11.9 Å². The maximum Gasteiger partial charge on any atom is 0.229 e. The zero-order chi connectivity index (χ0) is 18.1. The van der Waals surface area contributed by atoms with Crippen LogP contribution in [0.5, 0.6) is 5.75 Å². The van der Waals surface area contributed by atoms with Gasteiger partial charge in [0, 0.05) is 25.7 Å². The molecule has 1 N–H and O–H groups in total. The number of nitrogens with one attached hydrogen (secondary N) is 1. The van der Waals surface area contributed by atoms with Crippen molar-refractivity contribution in [1.82, 2.24) is 4.90 Å². The maximum atomic E-state index is 12.2. The molecule has 1 aromatic rings. The van der Waals surface area contributed by atoms with Gasteiger partial charge >= 0.3 is 0 Å². The van der Waals surface area contributed by atoms with Crippen molar-refractivity contribution in [3.05, 3.63) is 24.3 Å². The van der Waals surface area contributed by atoms with Gasteiger partial charge in [0.05, 0.1) is 12.5 Å². The molecule has 0 spiro atoms. The molecule has 2 rings (SSSR count). The third-order valence-corrected chi connectivity index (χ3v) is 4.60. The van der Waals surface area contributed by atoms with Crippen LogP contribution < -0.4 is 10.1 Å². The second kappa shape index (κ2) is 10.1. The van der Waals surface area contributed by atoms with Crippen molar-refractivity contribution in [3.8, 4) is 5.75 Å². The van der Waals surface area contributed by atoms with Crippen molar-refractivity contribution in [3.63, 3.8) is 0 Å². The molecule has 1 saturated heterocycles. The molecule has 0 aliphatic carbocycles. The van der Waals surface area contributed by atoms with Gasteiger partial charge in [-0.05, 0) is 30.7 Å². The van der Waals surface area contributed by atoms with Gasteiger partial charge in [-0.3, -0.25) is 9.59 Å². The fourth-order valence-electron chi connectivity index (χ4n) is 2.99. The first kappa shape index (κ1) is 19.3. The minimum atomic E-state index is -0.263. The Hall–Kier alpha value is -2.04.